The fraction of sp³-hybridized carbons (Fsp3) is 0.706. The van der Waals surface area contributed by atoms with Gasteiger partial charge in [0.25, 0.3) is 5.91 Å². The molecule has 120 valence electrons. The van der Waals surface area contributed by atoms with Gasteiger partial charge in [-0.2, -0.15) is 11.3 Å². The van der Waals surface area contributed by atoms with Crippen molar-refractivity contribution in [1.82, 2.24) is 9.80 Å². The number of rotatable bonds is 3. The van der Waals surface area contributed by atoms with Crippen molar-refractivity contribution in [3.05, 3.63) is 22.4 Å². The molecule has 1 amide bonds. The van der Waals surface area contributed by atoms with E-state index in [2.05, 4.69) is 21.7 Å². The first kappa shape index (κ1) is 14.7. The largest absolute Gasteiger partial charge is 0.364 e. The number of thiophene rings is 1. The zero-order valence-electron chi connectivity index (χ0n) is 12.9. The lowest BCUT2D eigenvalue weighted by Gasteiger charge is -2.33. The first-order valence-corrected chi connectivity index (χ1v) is 9.41. The zero-order valence-corrected chi connectivity index (χ0v) is 13.8. The average Bonchev–Trinajstić information content (AvgIpc) is 3.27. The van der Waals surface area contributed by atoms with Crippen molar-refractivity contribution in [2.24, 2.45) is 5.92 Å². The molecule has 5 heteroatoms. The van der Waals surface area contributed by atoms with E-state index in [4.69, 9.17) is 4.74 Å². The van der Waals surface area contributed by atoms with Gasteiger partial charge in [0.05, 0.1) is 6.10 Å². The molecular weight excluding hydrogens is 296 g/mol. The smallest absolute Gasteiger partial charge is 0.251 e. The van der Waals surface area contributed by atoms with Crippen molar-refractivity contribution >= 4 is 17.2 Å². The lowest BCUT2D eigenvalue weighted by molar-refractivity contribution is -0.142. The monoisotopic (exact) mass is 320 g/mol. The minimum Gasteiger partial charge on any atom is -0.364 e. The maximum atomic E-state index is 12.5. The van der Waals surface area contributed by atoms with Crippen LogP contribution in [0.25, 0.3) is 0 Å². The third kappa shape index (κ3) is 2.94. The van der Waals surface area contributed by atoms with Gasteiger partial charge in [0.15, 0.2) is 0 Å². The van der Waals surface area contributed by atoms with E-state index in [1.54, 1.807) is 11.3 Å². The highest BCUT2D eigenvalue weighted by atomic mass is 32.1. The van der Waals surface area contributed by atoms with Crippen molar-refractivity contribution in [3.63, 3.8) is 0 Å². The van der Waals surface area contributed by atoms with Crippen molar-refractivity contribution in [2.75, 3.05) is 26.2 Å². The lowest BCUT2D eigenvalue weighted by Crippen LogP contribution is -2.42. The summed E-state index contributed by atoms with van der Waals surface area (Å²) >= 11 is 1.76. The number of carbonyl (C=O) groups is 1. The first-order chi connectivity index (χ1) is 10.8. The summed E-state index contributed by atoms with van der Waals surface area (Å²) in [6.45, 7) is 4.98. The highest BCUT2D eigenvalue weighted by Gasteiger charge is 2.43. The Morgan fingerprint density at radius 1 is 1.32 bits per heavy atom. The summed E-state index contributed by atoms with van der Waals surface area (Å²) in [5, 5.41) is 4.36. The molecule has 0 aromatic carbocycles. The molecule has 0 aliphatic carbocycles. The molecule has 0 N–H and O–H groups in total. The van der Waals surface area contributed by atoms with Gasteiger partial charge in [0.1, 0.15) is 6.10 Å². The van der Waals surface area contributed by atoms with E-state index in [0.29, 0.717) is 5.92 Å². The van der Waals surface area contributed by atoms with Crippen LogP contribution in [0.3, 0.4) is 0 Å². The van der Waals surface area contributed by atoms with E-state index >= 15 is 0 Å². The Bertz CT molecular complexity index is 513. The summed E-state index contributed by atoms with van der Waals surface area (Å²) in [5.74, 6) is 0.826. The average molecular weight is 320 g/mol. The molecule has 3 saturated heterocycles. The van der Waals surface area contributed by atoms with Crippen LogP contribution >= 0.6 is 11.3 Å². The van der Waals surface area contributed by atoms with Gasteiger partial charge in [0.2, 0.25) is 0 Å². The molecule has 4 rings (SSSR count). The first-order valence-electron chi connectivity index (χ1n) is 8.47. The second-order valence-electron chi connectivity index (χ2n) is 6.85. The highest BCUT2D eigenvalue weighted by molar-refractivity contribution is 7.07. The molecular formula is C17H24N2O2S. The zero-order chi connectivity index (χ0) is 14.9. The van der Waals surface area contributed by atoms with Crippen LogP contribution in [0.5, 0.6) is 0 Å². The Kier molecular flexibility index (Phi) is 4.20. The predicted molar refractivity (Wildman–Crippen MR) is 86.8 cm³/mol. The quantitative estimate of drug-likeness (QED) is 0.857. The number of likely N-dealkylation sites (tertiary alicyclic amines) is 2. The van der Waals surface area contributed by atoms with E-state index in [9.17, 15) is 4.79 Å². The third-order valence-corrected chi connectivity index (χ3v) is 6.05. The van der Waals surface area contributed by atoms with Gasteiger partial charge in [-0.25, -0.2) is 0 Å². The fourth-order valence-corrected chi connectivity index (χ4v) is 4.74. The number of ether oxygens (including phenoxy) is 1. The summed E-state index contributed by atoms with van der Waals surface area (Å²) in [6, 6.07) is 2.20. The van der Waals surface area contributed by atoms with Gasteiger partial charge >= 0.3 is 0 Å². The number of hydrogen-bond acceptors (Lipinski definition) is 4. The van der Waals surface area contributed by atoms with Crippen LogP contribution in [0.15, 0.2) is 16.8 Å². The molecule has 3 aliphatic heterocycles. The van der Waals surface area contributed by atoms with E-state index < -0.39 is 0 Å². The van der Waals surface area contributed by atoms with Crippen LogP contribution < -0.4 is 0 Å². The lowest BCUT2D eigenvalue weighted by atomic mass is 9.91. The summed E-state index contributed by atoms with van der Waals surface area (Å²) in [7, 11) is 0. The van der Waals surface area contributed by atoms with Crippen molar-refractivity contribution in [2.45, 2.75) is 44.4 Å². The topological polar surface area (TPSA) is 32.8 Å². The Morgan fingerprint density at radius 2 is 2.18 bits per heavy atom. The summed E-state index contributed by atoms with van der Waals surface area (Å²) in [5.41, 5.74) is 1.39. The molecule has 0 spiro atoms. The second kappa shape index (κ2) is 6.30. The predicted octanol–water partition coefficient (Wildman–Crippen LogP) is 2.35. The molecule has 0 unspecified atom stereocenters. The van der Waals surface area contributed by atoms with Crippen LogP contribution in [0.2, 0.25) is 0 Å². The van der Waals surface area contributed by atoms with Crippen molar-refractivity contribution in [1.29, 1.82) is 0 Å². The Balaban J connectivity index is 1.34. The summed E-state index contributed by atoms with van der Waals surface area (Å²) < 4.78 is 6.16. The minimum absolute atomic E-state index is 0.172. The fourth-order valence-electron chi connectivity index (χ4n) is 4.08. The maximum Gasteiger partial charge on any atom is 0.251 e. The van der Waals surface area contributed by atoms with Crippen LogP contribution in [0, 0.1) is 5.92 Å². The molecule has 3 aliphatic rings. The second-order valence-corrected chi connectivity index (χ2v) is 7.63. The number of amides is 1. The van der Waals surface area contributed by atoms with Gasteiger partial charge in [-0.05, 0) is 60.5 Å². The number of piperidine rings is 1. The number of nitrogens with zero attached hydrogens (tertiary/aromatic N) is 2. The summed E-state index contributed by atoms with van der Waals surface area (Å²) in [6.07, 6.45) is 4.49. The molecule has 1 aromatic heterocycles. The standard InChI is InChI=1S/C17H24N2O2S/c20-17(19-5-1-2-6-19)15-9-14-3-7-18(11-16(14)21-15)10-13-4-8-22-12-13/h4,8,12,14-16H,1-3,5-7,9-11H2/t14-,15+,16+/m0/s1. The van der Waals surface area contributed by atoms with Gasteiger partial charge < -0.3 is 9.64 Å². The molecule has 4 nitrogen and oxygen atoms in total. The molecule has 22 heavy (non-hydrogen) atoms. The Morgan fingerprint density at radius 3 is 2.95 bits per heavy atom. The maximum absolute atomic E-state index is 12.5. The molecule has 0 radical (unpaired) electrons. The van der Waals surface area contributed by atoms with Gasteiger partial charge in [0, 0.05) is 26.2 Å². The van der Waals surface area contributed by atoms with Gasteiger partial charge in [-0.1, -0.05) is 0 Å². The van der Waals surface area contributed by atoms with Gasteiger partial charge in [-0.15, -0.1) is 0 Å². The van der Waals surface area contributed by atoms with E-state index in [1.807, 2.05) is 4.90 Å². The van der Waals surface area contributed by atoms with Crippen LogP contribution in [-0.4, -0.2) is 54.1 Å². The molecule has 3 atom stereocenters. The van der Waals surface area contributed by atoms with E-state index in [-0.39, 0.29) is 18.1 Å². The molecule has 1 aromatic rings. The Labute approximate surface area is 136 Å². The minimum atomic E-state index is -0.172. The summed E-state index contributed by atoms with van der Waals surface area (Å²) in [4.78, 5) is 17.0. The van der Waals surface area contributed by atoms with E-state index in [0.717, 1.165) is 52.0 Å². The van der Waals surface area contributed by atoms with Crippen LogP contribution in [-0.2, 0) is 16.1 Å². The molecule has 0 saturated carbocycles. The number of carbonyl (C=O) groups excluding carboxylic acids is 1. The normalized spacial score (nSPS) is 32.4. The van der Waals surface area contributed by atoms with Crippen LogP contribution in [0.4, 0.5) is 0 Å². The molecule has 3 fully saturated rings. The third-order valence-electron chi connectivity index (χ3n) is 5.32. The Hall–Kier alpha value is -0.910. The van der Waals surface area contributed by atoms with Crippen LogP contribution in [0.1, 0.15) is 31.2 Å². The number of fused-ring (bicyclic) bond motifs is 1. The number of hydrogen-bond donors (Lipinski definition) is 0. The van der Waals surface area contributed by atoms with Crippen molar-refractivity contribution in [3.8, 4) is 0 Å². The van der Waals surface area contributed by atoms with Gasteiger partial charge in [-0.3, -0.25) is 9.69 Å². The van der Waals surface area contributed by atoms with Crippen molar-refractivity contribution < 1.29 is 9.53 Å². The molecule has 0 bridgehead atoms. The SMILES string of the molecule is O=C([C@H]1C[C@@H]2CCN(Cc3ccsc3)C[C@H]2O1)N1CCCC1. The van der Waals surface area contributed by atoms with E-state index in [1.165, 1.54) is 12.0 Å². The molecule has 4 heterocycles. The highest BCUT2D eigenvalue weighted by Crippen LogP contribution is 2.34.